The minimum atomic E-state index is -0.0587. The number of piperidine rings is 1. The Morgan fingerprint density at radius 3 is 2.90 bits per heavy atom. The third-order valence-electron chi connectivity index (χ3n) is 3.39. The van der Waals surface area contributed by atoms with Crippen molar-refractivity contribution in [1.82, 2.24) is 10.3 Å². The predicted molar refractivity (Wildman–Crippen MR) is 81.1 cm³/mol. The molecule has 1 amide bonds. The van der Waals surface area contributed by atoms with Crippen molar-refractivity contribution in [3.05, 3.63) is 16.1 Å². The third-order valence-corrected chi connectivity index (χ3v) is 3.95. The van der Waals surface area contributed by atoms with E-state index in [-0.39, 0.29) is 11.8 Å². The number of nitrogens with two attached hydrogens (primary N) is 1. The molecule has 0 radical (unpaired) electrons. The molecule has 8 heteroatoms. The van der Waals surface area contributed by atoms with Crippen LogP contribution in [-0.2, 0) is 4.79 Å². The van der Waals surface area contributed by atoms with Crippen molar-refractivity contribution < 1.29 is 4.79 Å². The topological polar surface area (TPSA) is 83.3 Å². The quantitative estimate of drug-likeness (QED) is 0.583. The van der Waals surface area contributed by atoms with Crippen LogP contribution in [-0.4, -0.2) is 31.0 Å². The maximum absolute atomic E-state index is 11.8. The Labute approximate surface area is 127 Å². The smallest absolute Gasteiger partial charge is 0.224 e. The van der Waals surface area contributed by atoms with Gasteiger partial charge in [0.2, 0.25) is 5.91 Å². The van der Waals surface area contributed by atoms with E-state index in [0.717, 1.165) is 19.4 Å². The van der Waals surface area contributed by atoms with Crippen LogP contribution in [0.5, 0.6) is 0 Å². The van der Waals surface area contributed by atoms with Gasteiger partial charge in [-0.2, -0.15) is 0 Å². The fourth-order valence-electron chi connectivity index (χ4n) is 2.37. The number of pyridine rings is 1. The third kappa shape index (κ3) is 3.08. The SMILES string of the molecule is CNC(=O)C1CCCN(c2nc(NN)c(Cl)cc2Cl)C1. The van der Waals surface area contributed by atoms with Gasteiger partial charge in [-0.25, -0.2) is 10.8 Å². The second-order valence-corrected chi connectivity index (χ2v) is 5.48. The summed E-state index contributed by atoms with van der Waals surface area (Å²) in [4.78, 5) is 18.1. The lowest BCUT2D eigenvalue weighted by Gasteiger charge is -2.33. The average Bonchev–Trinajstić information content (AvgIpc) is 2.46. The number of halogens is 2. The summed E-state index contributed by atoms with van der Waals surface area (Å²) in [6.07, 6.45) is 1.77. The van der Waals surface area contributed by atoms with Crippen LogP contribution < -0.4 is 21.5 Å². The number of amides is 1. The van der Waals surface area contributed by atoms with Gasteiger partial charge >= 0.3 is 0 Å². The highest BCUT2D eigenvalue weighted by Gasteiger charge is 2.27. The summed E-state index contributed by atoms with van der Waals surface area (Å²) in [7, 11) is 1.64. The van der Waals surface area contributed by atoms with E-state index < -0.39 is 0 Å². The van der Waals surface area contributed by atoms with E-state index in [1.807, 2.05) is 4.90 Å². The molecular formula is C12H17Cl2N5O. The van der Waals surface area contributed by atoms with E-state index in [4.69, 9.17) is 29.0 Å². The Morgan fingerprint density at radius 2 is 2.25 bits per heavy atom. The molecule has 2 heterocycles. The standard InChI is InChI=1S/C12H17Cl2N5O/c1-16-12(20)7-3-2-4-19(6-7)11-9(14)5-8(13)10(17-11)18-15/h5,7H,2-4,6,15H2,1H3,(H,16,20)(H,17,18). The van der Waals surface area contributed by atoms with Gasteiger partial charge in [0.05, 0.1) is 16.0 Å². The van der Waals surface area contributed by atoms with E-state index in [1.165, 1.54) is 0 Å². The molecule has 4 N–H and O–H groups in total. The van der Waals surface area contributed by atoms with Gasteiger partial charge < -0.3 is 15.6 Å². The maximum Gasteiger partial charge on any atom is 0.224 e. The first-order valence-corrected chi connectivity index (χ1v) is 7.11. The van der Waals surface area contributed by atoms with Gasteiger partial charge in [-0.3, -0.25) is 4.79 Å². The molecule has 1 saturated heterocycles. The number of carbonyl (C=O) groups excluding carboxylic acids is 1. The molecule has 6 nitrogen and oxygen atoms in total. The number of aromatic nitrogens is 1. The van der Waals surface area contributed by atoms with E-state index in [0.29, 0.717) is 28.2 Å². The molecule has 1 aromatic rings. The van der Waals surface area contributed by atoms with Crippen molar-refractivity contribution in [1.29, 1.82) is 0 Å². The number of carbonyl (C=O) groups is 1. The monoisotopic (exact) mass is 317 g/mol. The summed E-state index contributed by atoms with van der Waals surface area (Å²) in [5.41, 5.74) is 2.44. The summed E-state index contributed by atoms with van der Waals surface area (Å²) in [5, 5.41) is 3.49. The highest BCUT2D eigenvalue weighted by molar-refractivity contribution is 6.37. The van der Waals surface area contributed by atoms with Crippen LogP contribution >= 0.6 is 23.2 Å². The summed E-state index contributed by atoms with van der Waals surface area (Å²) < 4.78 is 0. The molecule has 1 atom stereocenters. The van der Waals surface area contributed by atoms with Crippen LogP contribution in [0.2, 0.25) is 10.0 Å². The first-order chi connectivity index (χ1) is 9.56. The van der Waals surface area contributed by atoms with E-state index in [1.54, 1.807) is 13.1 Å². The summed E-state index contributed by atoms with van der Waals surface area (Å²) in [5.74, 6) is 6.32. The molecule has 2 rings (SSSR count). The van der Waals surface area contributed by atoms with Crippen molar-refractivity contribution in [2.45, 2.75) is 12.8 Å². The fourth-order valence-corrected chi connectivity index (χ4v) is 2.90. The van der Waals surface area contributed by atoms with Crippen LogP contribution in [0.25, 0.3) is 0 Å². The molecule has 0 aliphatic carbocycles. The number of rotatable bonds is 3. The van der Waals surface area contributed by atoms with Crippen LogP contribution in [0, 0.1) is 5.92 Å². The predicted octanol–water partition coefficient (Wildman–Crippen LogP) is 1.64. The lowest BCUT2D eigenvalue weighted by Crippen LogP contribution is -2.42. The van der Waals surface area contributed by atoms with Crippen molar-refractivity contribution in [3.8, 4) is 0 Å². The lowest BCUT2D eigenvalue weighted by atomic mass is 9.97. The van der Waals surface area contributed by atoms with Gasteiger partial charge in [-0.15, -0.1) is 0 Å². The number of nitrogen functional groups attached to an aromatic ring is 1. The second kappa shape index (κ2) is 6.47. The molecule has 0 aromatic carbocycles. The Bertz CT molecular complexity index is 511. The van der Waals surface area contributed by atoms with Crippen molar-refractivity contribution in [2.24, 2.45) is 11.8 Å². The largest absolute Gasteiger partial charge is 0.359 e. The van der Waals surface area contributed by atoms with Crippen molar-refractivity contribution >= 4 is 40.7 Å². The van der Waals surface area contributed by atoms with E-state index in [9.17, 15) is 4.79 Å². The number of hydrazine groups is 1. The lowest BCUT2D eigenvalue weighted by molar-refractivity contribution is -0.124. The van der Waals surface area contributed by atoms with Gasteiger partial charge in [0.1, 0.15) is 5.82 Å². The van der Waals surface area contributed by atoms with E-state index in [2.05, 4.69) is 15.7 Å². The second-order valence-electron chi connectivity index (χ2n) is 4.67. The molecule has 0 saturated carbocycles. The van der Waals surface area contributed by atoms with Crippen LogP contribution in [0.15, 0.2) is 6.07 Å². The van der Waals surface area contributed by atoms with Crippen molar-refractivity contribution in [3.63, 3.8) is 0 Å². The zero-order valence-electron chi connectivity index (χ0n) is 11.1. The molecule has 1 aliphatic rings. The van der Waals surface area contributed by atoms with Gasteiger partial charge in [0, 0.05) is 20.1 Å². The minimum absolute atomic E-state index is 0.0389. The Balaban J connectivity index is 2.24. The molecule has 110 valence electrons. The number of nitrogens with one attached hydrogen (secondary N) is 2. The number of hydrogen-bond acceptors (Lipinski definition) is 5. The number of anilines is 2. The number of nitrogens with zero attached hydrogens (tertiary/aromatic N) is 2. The molecular weight excluding hydrogens is 301 g/mol. The van der Waals surface area contributed by atoms with Crippen LogP contribution in [0.1, 0.15) is 12.8 Å². The zero-order chi connectivity index (χ0) is 14.7. The van der Waals surface area contributed by atoms with Gasteiger partial charge in [0.15, 0.2) is 5.82 Å². The summed E-state index contributed by atoms with van der Waals surface area (Å²) in [6, 6.07) is 1.60. The highest BCUT2D eigenvalue weighted by Crippen LogP contribution is 2.33. The molecule has 0 spiro atoms. The minimum Gasteiger partial charge on any atom is -0.359 e. The summed E-state index contributed by atoms with van der Waals surface area (Å²) in [6.45, 7) is 1.38. The molecule has 1 aliphatic heterocycles. The Hall–Kier alpha value is -1.24. The zero-order valence-corrected chi connectivity index (χ0v) is 12.6. The average molecular weight is 318 g/mol. The highest BCUT2D eigenvalue weighted by atomic mass is 35.5. The molecule has 1 aromatic heterocycles. The van der Waals surface area contributed by atoms with Crippen LogP contribution in [0.4, 0.5) is 11.6 Å². The maximum atomic E-state index is 11.8. The Kier molecular flexibility index (Phi) is 4.91. The van der Waals surface area contributed by atoms with E-state index >= 15 is 0 Å². The first-order valence-electron chi connectivity index (χ1n) is 6.36. The molecule has 1 fully saturated rings. The Morgan fingerprint density at radius 1 is 1.50 bits per heavy atom. The number of hydrogen-bond donors (Lipinski definition) is 3. The first kappa shape index (κ1) is 15.2. The van der Waals surface area contributed by atoms with Gasteiger partial charge in [-0.05, 0) is 18.9 Å². The van der Waals surface area contributed by atoms with Crippen molar-refractivity contribution in [2.75, 3.05) is 30.5 Å². The molecule has 1 unspecified atom stereocenters. The van der Waals surface area contributed by atoms with Crippen LogP contribution in [0.3, 0.4) is 0 Å². The van der Waals surface area contributed by atoms with Gasteiger partial charge in [0.25, 0.3) is 0 Å². The fraction of sp³-hybridized carbons (Fsp3) is 0.500. The normalized spacial score (nSPS) is 18.8. The molecule has 20 heavy (non-hydrogen) atoms. The van der Waals surface area contributed by atoms with Gasteiger partial charge in [-0.1, -0.05) is 23.2 Å². The molecule has 0 bridgehead atoms. The summed E-state index contributed by atoms with van der Waals surface area (Å²) >= 11 is 12.2.